The van der Waals surface area contributed by atoms with Gasteiger partial charge in [-0.25, -0.2) is 9.97 Å². The van der Waals surface area contributed by atoms with Crippen LogP contribution in [0.5, 0.6) is 0 Å². The van der Waals surface area contributed by atoms with Crippen molar-refractivity contribution < 1.29 is 9.53 Å². The maximum absolute atomic E-state index is 12.8. The van der Waals surface area contributed by atoms with Gasteiger partial charge in [-0.1, -0.05) is 56.3 Å². The fraction of sp³-hybridized carbons (Fsp3) is 0.385. The molecule has 1 saturated heterocycles. The van der Waals surface area contributed by atoms with Gasteiger partial charge in [0.1, 0.15) is 5.69 Å². The highest BCUT2D eigenvalue weighted by molar-refractivity contribution is 5.85. The number of fused-ring (bicyclic) bond motifs is 1. The van der Waals surface area contributed by atoms with Gasteiger partial charge in [-0.05, 0) is 23.6 Å². The Morgan fingerprint density at radius 2 is 1.64 bits per heavy atom. The van der Waals surface area contributed by atoms with Gasteiger partial charge < -0.3 is 9.64 Å². The Bertz CT molecular complexity index is 1130. The van der Waals surface area contributed by atoms with Crippen LogP contribution in [0, 0.1) is 17.2 Å². The first-order valence-corrected chi connectivity index (χ1v) is 11.4. The summed E-state index contributed by atoms with van der Waals surface area (Å²) in [5.74, 6) is -0.896. The largest absolute Gasteiger partial charge is 0.464 e. The highest BCUT2D eigenvalue weighted by atomic mass is 16.5. The van der Waals surface area contributed by atoms with Crippen molar-refractivity contribution in [1.82, 2.24) is 14.9 Å². The quantitative estimate of drug-likeness (QED) is 0.514. The lowest BCUT2D eigenvalue weighted by Gasteiger charge is -2.36. The van der Waals surface area contributed by atoms with Crippen molar-refractivity contribution in [3.05, 3.63) is 65.9 Å². The number of carbonyl (C=O) groups excluding carboxylic acids is 1. The normalized spacial score (nSPS) is 15.4. The van der Waals surface area contributed by atoms with Crippen molar-refractivity contribution >= 4 is 22.8 Å². The van der Waals surface area contributed by atoms with Crippen LogP contribution in [0.4, 0.5) is 5.82 Å². The molecule has 0 radical (unpaired) electrons. The minimum Gasteiger partial charge on any atom is -0.464 e. The summed E-state index contributed by atoms with van der Waals surface area (Å²) in [6.45, 7) is 8.29. The molecule has 1 aliphatic rings. The number of aromatic nitrogens is 2. The van der Waals surface area contributed by atoms with Crippen molar-refractivity contribution in [2.45, 2.75) is 26.3 Å². The molecule has 1 atom stereocenters. The third kappa shape index (κ3) is 5.47. The lowest BCUT2D eigenvalue weighted by atomic mass is 10.1. The number of ether oxygens (including phenoxy) is 1. The molecule has 2 aromatic carbocycles. The van der Waals surface area contributed by atoms with Gasteiger partial charge >= 0.3 is 5.97 Å². The minimum atomic E-state index is -1.11. The molecule has 1 aliphatic heterocycles. The zero-order valence-corrected chi connectivity index (χ0v) is 19.1. The summed E-state index contributed by atoms with van der Waals surface area (Å²) < 4.78 is 5.39. The Hall–Kier alpha value is -3.50. The average Bonchev–Trinajstić information content (AvgIpc) is 2.84. The number of para-hydroxylation sites is 2. The Labute approximate surface area is 194 Å². The van der Waals surface area contributed by atoms with E-state index in [1.165, 1.54) is 5.56 Å². The predicted molar refractivity (Wildman–Crippen MR) is 128 cm³/mol. The average molecular weight is 444 g/mol. The van der Waals surface area contributed by atoms with Crippen molar-refractivity contribution in [2.24, 2.45) is 5.92 Å². The second kappa shape index (κ2) is 10.4. The molecule has 2 heterocycles. The van der Waals surface area contributed by atoms with E-state index >= 15 is 0 Å². The van der Waals surface area contributed by atoms with Gasteiger partial charge in [0.2, 0.25) is 0 Å². The predicted octanol–water partition coefficient (Wildman–Crippen LogP) is 3.76. The van der Waals surface area contributed by atoms with E-state index in [1.807, 2.05) is 44.2 Å². The summed E-state index contributed by atoms with van der Waals surface area (Å²) in [7, 11) is 0. The zero-order chi connectivity index (χ0) is 23.2. The molecule has 0 bridgehead atoms. The second-order valence-electron chi connectivity index (χ2n) is 8.76. The molecule has 33 heavy (non-hydrogen) atoms. The molecule has 3 aromatic rings. The molecule has 1 aromatic heterocycles. The summed E-state index contributed by atoms with van der Waals surface area (Å²) in [6.07, 6.45) is 0. The standard InChI is InChI=1S/C26H29N5O2/c1-19(2)18-33-26(32)21(16-27)24-25(29-23-11-7-6-10-22(23)28-24)31-14-12-30(13-15-31)17-20-8-4-3-5-9-20/h3-11,19,21H,12-15,17-18H2,1-2H3/t21-/m1/s1. The van der Waals surface area contributed by atoms with Gasteiger partial charge in [0.25, 0.3) is 0 Å². The van der Waals surface area contributed by atoms with Crippen LogP contribution in [0.2, 0.25) is 0 Å². The third-order valence-corrected chi connectivity index (χ3v) is 5.70. The fourth-order valence-corrected chi connectivity index (χ4v) is 3.95. The molecular weight excluding hydrogens is 414 g/mol. The van der Waals surface area contributed by atoms with Gasteiger partial charge in [-0.15, -0.1) is 0 Å². The number of rotatable bonds is 7. The van der Waals surface area contributed by atoms with Crippen molar-refractivity contribution in [3.63, 3.8) is 0 Å². The summed E-state index contributed by atoms with van der Waals surface area (Å²) in [6, 6.07) is 20.1. The molecule has 4 rings (SSSR count). The first-order chi connectivity index (χ1) is 16.0. The number of nitrogens with zero attached hydrogens (tertiary/aromatic N) is 5. The van der Waals surface area contributed by atoms with Gasteiger partial charge in [0, 0.05) is 32.7 Å². The number of hydrogen-bond donors (Lipinski definition) is 0. The van der Waals surface area contributed by atoms with Crippen LogP contribution in [0.1, 0.15) is 31.0 Å². The van der Waals surface area contributed by atoms with Crippen molar-refractivity contribution in [3.8, 4) is 6.07 Å². The van der Waals surface area contributed by atoms with Crippen molar-refractivity contribution in [2.75, 3.05) is 37.7 Å². The molecule has 0 N–H and O–H groups in total. The fourth-order valence-electron chi connectivity index (χ4n) is 3.95. The molecule has 170 valence electrons. The SMILES string of the molecule is CC(C)COC(=O)[C@H](C#N)c1nc2ccccc2nc1N1CCN(Cc2ccccc2)CC1. The number of esters is 1. The van der Waals surface area contributed by atoms with E-state index in [0.717, 1.165) is 38.2 Å². The molecule has 0 aliphatic carbocycles. The number of carbonyl (C=O) groups is 1. The second-order valence-corrected chi connectivity index (χ2v) is 8.76. The van der Waals surface area contributed by atoms with Crippen molar-refractivity contribution in [1.29, 1.82) is 5.26 Å². The summed E-state index contributed by atoms with van der Waals surface area (Å²) in [5, 5.41) is 9.87. The Balaban J connectivity index is 1.58. The van der Waals surface area contributed by atoms with Gasteiger partial charge in [-0.2, -0.15) is 5.26 Å². The van der Waals surface area contributed by atoms with Crippen LogP contribution in [-0.2, 0) is 16.1 Å². The molecular formula is C26H29N5O2. The van der Waals surface area contributed by atoms with Crippen LogP contribution in [0.25, 0.3) is 11.0 Å². The number of anilines is 1. The number of benzene rings is 2. The first kappa shape index (κ1) is 22.7. The van der Waals surface area contributed by atoms with Gasteiger partial charge in [0.15, 0.2) is 11.7 Å². The maximum Gasteiger partial charge on any atom is 0.329 e. The van der Waals surface area contributed by atoms with E-state index in [9.17, 15) is 10.1 Å². The van der Waals surface area contributed by atoms with E-state index in [-0.39, 0.29) is 12.5 Å². The van der Waals surface area contributed by atoms with E-state index in [0.29, 0.717) is 17.0 Å². The summed E-state index contributed by atoms with van der Waals surface area (Å²) in [4.78, 5) is 26.9. The number of nitriles is 1. The molecule has 7 heteroatoms. The van der Waals surface area contributed by atoms with E-state index in [2.05, 4.69) is 40.1 Å². The molecule has 1 fully saturated rings. The Morgan fingerprint density at radius 3 is 2.27 bits per heavy atom. The summed E-state index contributed by atoms with van der Waals surface area (Å²) in [5.41, 5.74) is 3.07. The maximum atomic E-state index is 12.8. The molecule has 0 saturated carbocycles. The topological polar surface area (TPSA) is 82.3 Å². The molecule has 0 unspecified atom stereocenters. The zero-order valence-electron chi connectivity index (χ0n) is 19.1. The molecule has 0 amide bonds. The minimum absolute atomic E-state index is 0.188. The molecule has 7 nitrogen and oxygen atoms in total. The smallest absolute Gasteiger partial charge is 0.329 e. The van der Waals surface area contributed by atoms with E-state index in [4.69, 9.17) is 14.7 Å². The van der Waals surface area contributed by atoms with Crippen LogP contribution in [0.15, 0.2) is 54.6 Å². The number of piperazine rings is 1. The third-order valence-electron chi connectivity index (χ3n) is 5.70. The van der Waals surface area contributed by atoms with E-state index < -0.39 is 11.9 Å². The number of hydrogen-bond acceptors (Lipinski definition) is 7. The Morgan fingerprint density at radius 1 is 1.00 bits per heavy atom. The van der Waals surface area contributed by atoms with Gasteiger partial charge in [-0.3, -0.25) is 9.69 Å². The van der Waals surface area contributed by atoms with E-state index in [1.54, 1.807) is 0 Å². The van der Waals surface area contributed by atoms with Crippen LogP contribution >= 0.6 is 0 Å². The highest BCUT2D eigenvalue weighted by Gasteiger charge is 2.31. The highest BCUT2D eigenvalue weighted by Crippen LogP contribution is 2.29. The van der Waals surface area contributed by atoms with Crippen LogP contribution in [0.3, 0.4) is 0 Å². The summed E-state index contributed by atoms with van der Waals surface area (Å²) >= 11 is 0. The lowest BCUT2D eigenvalue weighted by molar-refractivity contribution is -0.145. The van der Waals surface area contributed by atoms with Crippen LogP contribution < -0.4 is 4.90 Å². The van der Waals surface area contributed by atoms with Gasteiger partial charge in [0.05, 0.1) is 23.7 Å². The monoisotopic (exact) mass is 443 g/mol. The molecule has 0 spiro atoms. The van der Waals surface area contributed by atoms with Crippen LogP contribution in [-0.4, -0.2) is 53.6 Å². The lowest BCUT2D eigenvalue weighted by Crippen LogP contribution is -2.46. The Kier molecular flexibility index (Phi) is 7.16. The first-order valence-electron chi connectivity index (χ1n) is 11.4.